The standard InChI is InChI=1S/C15H16BrNO3S/c1-11-9-14(7-8-15(11)16)21(18,19)17-10-12-3-5-13(20-2)6-4-12/h3-9,17H,10H2,1-2H3. The van der Waals surface area contributed by atoms with Crippen molar-refractivity contribution in [1.29, 1.82) is 0 Å². The maximum absolute atomic E-state index is 12.2. The number of rotatable bonds is 5. The third kappa shape index (κ3) is 4.06. The van der Waals surface area contributed by atoms with Crippen molar-refractivity contribution in [1.82, 2.24) is 4.72 Å². The van der Waals surface area contributed by atoms with Gasteiger partial charge in [-0.1, -0.05) is 28.1 Å². The van der Waals surface area contributed by atoms with Gasteiger partial charge in [0, 0.05) is 11.0 Å². The minimum Gasteiger partial charge on any atom is -0.497 e. The number of aryl methyl sites for hydroxylation is 1. The van der Waals surface area contributed by atoms with Gasteiger partial charge in [-0.25, -0.2) is 13.1 Å². The molecule has 21 heavy (non-hydrogen) atoms. The van der Waals surface area contributed by atoms with Crippen LogP contribution in [-0.4, -0.2) is 15.5 Å². The molecule has 0 atom stereocenters. The predicted octanol–water partition coefficient (Wildman–Crippen LogP) is 3.24. The van der Waals surface area contributed by atoms with E-state index in [2.05, 4.69) is 20.7 Å². The summed E-state index contributed by atoms with van der Waals surface area (Å²) < 4.78 is 33.0. The number of hydrogen-bond acceptors (Lipinski definition) is 3. The molecule has 0 aliphatic heterocycles. The van der Waals surface area contributed by atoms with Gasteiger partial charge in [0.1, 0.15) is 5.75 Å². The van der Waals surface area contributed by atoms with E-state index < -0.39 is 10.0 Å². The van der Waals surface area contributed by atoms with Gasteiger partial charge in [0.2, 0.25) is 10.0 Å². The van der Waals surface area contributed by atoms with Crippen molar-refractivity contribution in [2.75, 3.05) is 7.11 Å². The molecule has 6 heteroatoms. The second kappa shape index (κ2) is 6.60. The van der Waals surface area contributed by atoms with Gasteiger partial charge >= 0.3 is 0 Å². The van der Waals surface area contributed by atoms with Crippen LogP contribution >= 0.6 is 15.9 Å². The Hall–Kier alpha value is -1.37. The summed E-state index contributed by atoms with van der Waals surface area (Å²) >= 11 is 3.36. The first-order chi connectivity index (χ1) is 9.92. The van der Waals surface area contributed by atoms with Crippen LogP contribution in [-0.2, 0) is 16.6 Å². The second-order valence-electron chi connectivity index (χ2n) is 4.58. The van der Waals surface area contributed by atoms with Crippen molar-refractivity contribution < 1.29 is 13.2 Å². The van der Waals surface area contributed by atoms with E-state index in [1.54, 1.807) is 37.4 Å². The number of ether oxygens (including phenoxy) is 1. The fourth-order valence-electron chi connectivity index (χ4n) is 1.79. The van der Waals surface area contributed by atoms with Crippen LogP contribution < -0.4 is 9.46 Å². The minimum absolute atomic E-state index is 0.238. The van der Waals surface area contributed by atoms with E-state index in [4.69, 9.17) is 4.74 Å². The lowest BCUT2D eigenvalue weighted by atomic mass is 10.2. The molecule has 112 valence electrons. The van der Waals surface area contributed by atoms with E-state index in [1.807, 2.05) is 19.1 Å². The molecular weight excluding hydrogens is 354 g/mol. The summed E-state index contributed by atoms with van der Waals surface area (Å²) in [6.07, 6.45) is 0. The van der Waals surface area contributed by atoms with Gasteiger partial charge in [0.25, 0.3) is 0 Å². The summed E-state index contributed by atoms with van der Waals surface area (Å²) in [4.78, 5) is 0.261. The molecule has 0 unspecified atom stereocenters. The zero-order chi connectivity index (χ0) is 15.5. The monoisotopic (exact) mass is 369 g/mol. The van der Waals surface area contributed by atoms with Crippen LogP contribution in [0.4, 0.5) is 0 Å². The van der Waals surface area contributed by atoms with Crippen molar-refractivity contribution in [3.8, 4) is 5.75 Å². The zero-order valence-electron chi connectivity index (χ0n) is 11.8. The number of hydrogen-bond donors (Lipinski definition) is 1. The van der Waals surface area contributed by atoms with Crippen LogP contribution in [0, 0.1) is 6.92 Å². The van der Waals surface area contributed by atoms with E-state index in [-0.39, 0.29) is 11.4 Å². The SMILES string of the molecule is COc1ccc(CNS(=O)(=O)c2ccc(Br)c(C)c2)cc1. The third-order valence-electron chi connectivity index (χ3n) is 3.07. The van der Waals surface area contributed by atoms with Gasteiger partial charge in [-0.15, -0.1) is 0 Å². The molecule has 4 nitrogen and oxygen atoms in total. The molecule has 1 N–H and O–H groups in total. The number of methoxy groups -OCH3 is 1. The fraction of sp³-hybridized carbons (Fsp3) is 0.200. The lowest BCUT2D eigenvalue weighted by molar-refractivity contribution is 0.414. The summed E-state index contributed by atoms with van der Waals surface area (Å²) in [5, 5.41) is 0. The quantitative estimate of drug-likeness (QED) is 0.879. The molecule has 0 spiro atoms. The average molecular weight is 370 g/mol. The highest BCUT2D eigenvalue weighted by Crippen LogP contribution is 2.20. The molecule has 0 aromatic heterocycles. The molecule has 0 saturated heterocycles. The summed E-state index contributed by atoms with van der Waals surface area (Å²) in [6, 6.07) is 12.2. The van der Waals surface area contributed by atoms with Crippen LogP contribution in [0.25, 0.3) is 0 Å². The Labute approximate surface area is 133 Å². The second-order valence-corrected chi connectivity index (χ2v) is 7.20. The first-order valence-electron chi connectivity index (χ1n) is 6.31. The van der Waals surface area contributed by atoms with Gasteiger partial charge in [0.15, 0.2) is 0 Å². The topological polar surface area (TPSA) is 55.4 Å². The summed E-state index contributed by atoms with van der Waals surface area (Å²) in [6.45, 7) is 2.09. The first kappa shape index (κ1) is 16.0. The van der Waals surface area contributed by atoms with Crippen LogP contribution in [0.15, 0.2) is 51.8 Å². The largest absolute Gasteiger partial charge is 0.497 e. The van der Waals surface area contributed by atoms with Crippen LogP contribution in [0.1, 0.15) is 11.1 Å². The fourth-order valence-corrected chi connectivity index (χ4v) is 3.14. The molecule has 2 rings (SSSR count). The van der Waals surface area contributed by atoms with Gasteiger partial charge in [-0.05, 0) is 48.4 Å². The molecule has 0 fully saturated rings. The number of nitrogens with one attached hydrogen (secondary N) is 1. The molecule has 2 aromatic rings. The van der Waals surface area contributed by atoms with Gasteiger partial charge < -0.3 is 4.74 Å². The maximum atomic E-state index is 12.2. The molecule has 0 aliphatic rings. The number of benzene rings is 2. The molecule has 0 amide bonds. The number of sulfonamides is 1. The van der Waals surface area contributed by atoms with E-state index >= 15 is 0 Å². The number of halogens is 1. The highest BCUT2D eigenvalue weighted by Gasteiger charge is 2.14. The molecule has 2 aromatic carbocycles. The highest BCUT2D eigenvalue weighted by molar-refractivity contribution is 9.10. The van der Waals surface area contributed by atoms with Crippen molar-refractivity contribution in [3.05, 3.63) is 58.1 Å². The van der Waals surface area contributed by atoms with Crippen molar-refractivity contribution in [3.63, 3.8) is 0 Å². The minimum atomic E-state index is -3.52. The Morgan fingerprint density at radius 1 is 1.14 bits per heavy atom. The Bertz CT molecular complexity index is 727. The Kier molecular flexibility index (Phi) is 5.03. The molecule has 0 radical (unpaired) electrons. The van der Waals surface area contributed by atoms with Crippen LogP contribution in [0.5, 0.6) is 5.75 Å². The van der Waals surface area contributed by atoms with Crippen LogP contribution in [0.2, 0.25) is 0 Å². The molecule has 0 saturated carbocycles. The lowest BCUT2D eigenvalue weighted by Crippen LogP contribution is -2.23. The van der Waals surface area contributed by atoms with E-state index in [0.29, 0.717) is 0 Å². The Morgan fingerprint density at radius 2 is 1.81 bits per heavy atom. The lowest BCUT2D eigenvalue weighted by Gasteiger charge is -2.09. The van der Waals surface area contributed by atoms with Crippen molar-refractivity contribution >= 4 is 26.0 Å². The predicted molar refractivity (Wildman–Crippen MR) is 85.9 cm³/mol. The van der Waals surface area contributed by atoms with Crippen LogP contribution in [0.3, 0.4) is 0 Å². The third-order valence-corrected chi connectivity index (χ3v) is 5.35. The van der Waals surface area contributed by atoms with Gasteiger partial charge in [-0.3, -0.25) is 0 Å². The molecule has 0 aliphatic carbocycles. The maximum Gasteiger partial charge on any atom is 0.240 e. The summed E-state index contributed by atoms with van der Waals surface area (Å²) in [5.74, 6) is 0.741. The van der Waals surface area contributed by atoms with E-state index in [9.17, 15) is 8.42 Å². The summed E-state index contributed by atoms with van der Waals surface area (Å²) in [7, 11) is -1.92. The highest BCUT2D eigenvalue weighted by atomic mass is 79.9. The van der Waals surface area contributed by atoms with E-state index in [0.717, 1.165) is 21.3 Å². The van der Waals surface area contributed by atoms with Crippen molar-refractivity contribution in [2.45, 2.75) is 18.4 Å². The Morgan fingerprint density at radius 3 is 2.38 bits per heavy atom. The molecular formula is C15H16BrNO3S. The first-order valence-corrected chi connectivity index (χ1v) is 8.59. The summed E-state index contributed by atoms with van der Waals surface area (Å²) in [5.41, 5.74) is 1.75. The van der Waals surface area contributed by atoms with E-state index in [1.165, 1.54) is 0 Å². The Balaban J connectivity index is 2.11. The van der Waals surface area contributed by atoms with Gasteiger partial charge in [0.05, 0.1) is 12.0 Å². The van der Waals surface area contributed by atoms with Gasteiger partial charge in [-0.2, -0.15) is 0 Å². The smallest absolute Gasteiger partial charge is 0.240 e. The van der Waals surface area contributed by atoms with Crippen molar-refractivity contribution in [2.24, 2.45) is 0 Å². The molecule has 0 heterocycles. The molecule has 0 bridgehead atoms. The normalized spacial score (nSPS) is 11.4. The average Bonchev–Trinajstić information content (AvgIpc) is 2.48. The zero-order valence-corrected chi connectivity index (χ0v) is 14.2.